The summed E-state index contributed by atoms with van der Waals surface area (Å²) in [5.41, 5.74) is 10.4. The summed E-state index contributed by atoms with van der Waals surface area (Å²) in [6.07, 6.45) is -0.152. The first kappa shape index (κ1) is 22.0. The van der Waals surface area contributed by atoms with Gasteiger partial charge in [0, 0.05) is 28.1 Å². The van der Waals surface area contributed by atoms with Crippen molar-refractivity contribution < 1.29 is 23.8 Å². The molecule has 4 rings (SSSR count). The molecule has 0 fully saturated rings. The highest BCUT2D eigenvalue weighted by atomic mass is 16.5. The number of methoxy groups -OCH3 is 1. The largest absolute Gasteiger partial charge is 0.497 e. The van der Waals surface area contributed by atoms with Crippen LogP contribution in [0.15, 0.2) is 65.1 Å². The third-order valence-electron chi connectivity index (χ3n) is 5.49. The molecule has 0 unspecified atom stereocenters. The second-order valence-electron chi connectivity index (χ2n) is 7.68. The molecule has 0 aliphatic heterocycles. The van der Waals surface area contributed by atoms with E-state index in [2.05, 4.69) is 0 Å². The Labute approximate surface area is 190 Å². The van der Waals surface area contributed by atoms with Crippen molar-refractivity contribution in [3.8, 4) is 22.6 Å². The van der Waals surface area contributed by atoms with Gasteiger partial charge in [0.2, 0.25) is 0 Å². The Hall–Kier alpha value is -4.26. The van der Waals surface area contributed by atoms with E-state index >= 15 is 0 Å². The van der Waals surface area contributed by atoms with Gasteiger partial charge in [-0.1, -0.05) is 30.3 Å². The summed E-state index contributed by atoms with van der Waals surface area (Å²) < 4.78 is 17.3. The zero-order chi connectivity index (χ0) is 23.5. The fourth-order valence-corrected chi connectivity index (χ4v) is 3.75. The number of benzene rings is 3. The van der Waals surface area contributed by atoms with Gasteiger partial charge < -0.3 is 24.7 Å². The molecule has 4 aromatic rings. The second kappa shape index (κ2) is 9.08. The van der Waals surface area contributed by atoms with Crippen molar-refractivity contribution in [1.29, 1.82) is 5.41 Å². The zero-order valence-corrected chi connectivity index (χ0v) is 18.3. The van der Waals surface area contributed by atoms with Gasteiger partial charge in [0.1, 0.15) is 35.3 Å². The van der Waals surface area contributed by atoms with Gasteiger partial charge in [-0.2, -0.15) is 0 Å². The number of rotatable bonds is 8. The summed E-state index contributed by atoms with van der Waals surface area (Å²) in [6.45, 7) is 2.08. The second-order valence-corrected chi connectivity index (χ2v) is 7.68. The topological polar surface area (TPSA) is 119 Å². The minimum atomic E-state index is -0.938. The lowest BCUT2D eigenvalue weighted by molar-refractivity contribution is -0.136. The van der Waals surface area contributed by atoms with E-state index in [9.17, 15) is 9.90 Å². The van der Waals surface area contributed by atoms with Gasteiger partial charge >= 0.3 is 5.97 Å². The number of nitrogens with two attached hydrogens (primary N) is 1. The van der Waals surface area contributed by atoms with E-state index in [1.807, 2.05) is 43.3 Å². The molecule has 0 saturated carbocycles. The Balaban J connectivity index is 1.69. The molecule has 7 heteroatoms. The lowest BCUT2D eigenvalue weighted by Gasteiger charge is -2.12. The van der Waals surface area contributed by atoms with E-state index in [1.54, 1.807) is 31.4 Å². The first-order chi connectivity index (χ1) is 15.9. The molecule has 7 nitrogen and oxygen atoms in total. The molecule has 0 aliphatic carbocycles. The summed E-state index contributed by atoms with van der Waals surface area (Å²) >= 11 is 0. The maximum Gasteiger partial charge on any atom is 0.307 e. The lowest BCUT2D eigenvalue weighted by atomic mass is 10.00. The van der Waals surface area contributed by atoms with Gasteiger partial charge in [-0.15, -0.1) is 0 Å². The van der Waals surface area contributed by atoms with Gasteiger partial charge in [0.05, 0.1) is 13.5 Å². The lowest BCUT2D eigenvalue weighted by Crippen LogP contribution is -2.10. The molecule has 168 valence electrons. The van der Waals surface area contributed by atoms with Crippen LogP contribution in [0, 0.1) is 12.3 Å². The molecule has 0 bridgehead atoms. The molecule has 0 atom stereocenters. The molecule has 1 aromatic heterocycles. The molecule has 1 heterocycles. The number of ether oxygens (including phenoxy) is 2. The van der Waals surface area contributed by atoms with Gasteiger partial charge in [-0.3, -0.25) is 10.2 Å². The summed E-state index contributed by atoms with van der Waals surface area (Å²) in [5, 5.41) is 17.8. The van der Waals surface area contributed by atoms with Gasteiger partial charge in [-0.25, -0.2) is 0 Å². The predicted octanol–water partition coefficient (Wildman–Crippen LogP) is 4.91. The average Bonchev–Trinajstić information content (AvgIpc) is 3.12. The van der Waals surface area contributed by atoms with Crippen LogP contribution in [0.5, 0.6) is 11.5 Å². The Morgan fingerprint density at radius 3 is 2.61 bits per heavy atom. The van der Waals surface area contributed by atoms with Crippen LogP contribution in [0.2, 0.25) is 0 Å². The number of nitrogens with one attached hydrogen (secondary N) is 1. The van der Waals surface area contributed by atoms with Crippen LogP contribution < -0.4 is 15.2 Å². The van der Waals surface area contributed by atoms with Crippen molar-refractivity contribution in [3.05, 3.63) is 83.1 Å². The van der Waals surface area contributed by atoms with Crippen molar-refractivity contribution in [2.24, 2.45) is 5.73 Å². The Morgan fingerprint density at radius 2 is 1.88 bits per heavy atom. The Bertz CT molecular complexity index is 1360. The molecule has 0 spiro atoms. The van der Waals surface area contributed by atoms with Crippen molar-refractivity contribution in [2.45, 2.75) is 20.0 Å². The normalized spacial score (nSPS) is 10.8. The Morgan fingerprint density at radius 1 is 1.09 bits per heavy atom. The average molecular weight is 444 g/mol. The smallest absolute Gasteiger partial charge is 0.307 e. The number of carboxylic acids is 1. The first-order valence-corrected chi connectivity index (χ1v) is 10.3. The number of aryl methyl sites for hydroxylation is 1. The van der Waals surface area contributed by atoms with Crippen molar-refractivity contribution >= 4 is 22.8 Å². The quantitative estimate of drug-likeness (QED) is 0.263. The molecule has 0 radical (unpaired) electrons. The van der Waals surface area contributed by atoms with E-state index in [0.29, 0.717) is 22.6 Å². The standard InChI is InChI=1S/C26H24N2O5/c1-15-22(14-32-24-13-20(31-2)8-6-18(24)12-25(29)30)21-11-17(7-9-23(21)33-15)16-4-3-5-19(10-16)26(27)28/h3-11,13H,12,14H2,1-2H3,(H3,27,28)(H,29,30). The highest BCUT2D eigenvalue weighted by Gasteiger charge is 2.16. The third kappa shape index (κ3) is 4.67. The molecule has 0 amide bonds. The summed E-state index contributed by atoms with van der Waals surface area (Å²) in [5.74, 6) is 0.840. The van der Waals surface area contributed by atoms with Crippen LogP contribution in [0.4, 0.5) is 0 Å². The zero-order valence-electron chi connectivity index (χ0n) is 18.3. The monoisotopic (exact) mass is 444 g/mol. The van der Waals surface area contributed by atoms with E-state index < -0.39 is 5.97 Å². The van der Waals surface area contributed by atoms with E-state index in [-0.39, 0.29) is 18.9 Å². The molecule has 4 N–H and O–H groups in total. The number of amidine groups is 1. The number of fused-ring (bicyclic) bond motifs is 1. The predicted molar refractivity (Wildman–Crippen MR) is 126 cm³/mol. The van der Waals surface area contributed by atoms with Crippen molar-refractivity contribution in [1.82, 2.24) is 0 Å². The van der Waals surface area contributed by atoms with Crippen LogP contribution in [0.25, 0.3) is 22.1 Å². The number of furan rings is 1. The fraction of sp³-hybridized carbons (Fsp3) is 0.154. The van der Waals surface area contributed by atoms with E-state index in [4.69, 9.17) is 25.0 Å². The minimum absolute atomic E-state index is 0.0154. The Kier molecular flexibility index (Phi) is 6.04. The molecule has 0 aliphatic rings. The molecule has 3 aromatic carbocycles. The van der Waals surface area contributed by atoms with Crippen molar-refractivity contribution in [2.75, 3.05) is 7.11 Å². The highest BCUT2D eigenvalue weighted by molar-refractivity contribution is 5.96. The maximum atomic E-state index is 11.3. The molecule has 0 saturated heterocycles. The summed E-state index contributed by atoms with van der Waals surface area (Å²) in [7, 11) is 1.55. The number of hydrogen-bond acceptors (Lipinski definition) is 5. The number of carboxylic acid groups (broad SMARTS) is 1. The SMILES string of the molecule is COc1ccc(CC(=O)O)c(OCc2c(C)oc3ccc(-c4cccc(C(=N)N)c4)cc23)c1. The minimum Gasteiger partial charge on any atom is -0.497 e. The fourth-order valence-electron chi connectivity index (χ4n) is 3.75. The van der Waals surface area contributed by atoms with Gasteiger partial charge in [0.25, 0.3) is 0 Å². The van der Waals surface area contributed by atoms with Crippen LogP contribution in [0.1, 0.15) is 22.5 Å². The van der Waals surface area contributed by atoms with Crippen LogP contribution >= 0.6 is 0 Å². The maximum absolute atomic E-state index is 11.3. The van der Waals surface area contributed by atoms with Crippen LogP contribution in [0.3, 0.4) is 0 Å². The van der Waals surface area contributed by atoms with Crippen molar-refractivity contribution in [3.63, 3.8) is 0 Å². The number of aliphatic carboxylic acids is 1. The number of hydrogen-bond donors (Lipinski definition) is 3. The van der Waals surface area contributed by atoms with E-state index in [0.717, 1.165) is 33.4 Å². The summed E-state index contributed by atoms with van der Waals surface area (Å²) in [4.78, 5) is 11.3. The number of carbonyl (C=O) groups is 1. The first-order valence-electron chi connectivity index (χ1n) is 10.3. The third-order valence-corrected chi connectivity index (χ3v) is 5.49. The summed E-state index contributed by atoms with van der Waals surface area (Å²) in [6, 6.07) is 18.5. The van der Waals surface area contributed by atoms with Gasteiger partial charge in [0.15, 0.2) is 0 Å². The molecular formula is C26H24N2O5. The number of nitrogen functional groups attached to an aromatic ring is 1. The van der Waals surface area contributed by atoms with E-state index in [1.165, 1.54) is 0 Å². The molecule has 33 heavy (non-hydrogen) atoms. The molecular weight excluding hydrogens is 420 g/mol. The van der Waals surface area contributed by atoms with Crippen LogP contribution in [-0.4, -0.2) is 24.0 Å². The van der Waals surface area contributed by atoms with Gasteiger partial charge in [-0.05, 0) is 42.3 Å². The van der Waals surface area contributed by atoms with Crippen LogP contribution in [-0.2, 0) is 17.8 Å². The highest BCUT2D eigenvalue weighted by Crippen LogP contribution is 2.33.